The number of hydrogen-bond acceptors (Lipinski definition) is 5. The predicted molar refractivity (Wildman–Crippen MR) is 84.9 cm³/mol. The van der Waals surface area contributed by atoms with Crippen molar-refractivity contribution in [3.05, 3.63) is 39.3 Å². The van der Waals surface area contributed by atoms with E-state index >= 15 is 0 Å². The molecule has 112 valence electrons. The van der Waals surface area contributed by atoms with E-state index in [0.717, 1.165) is 15.6 Å². The number of rotatable bonds is 4. The quantitative estimate of drug-likeness (QED) is 0.852. The van der Waals surface area contributed by atoms with Crippen molar-refractivity contribution < 1.29 is 9.53 Å². The second-order valence-corrected chi connectivity index (χ2v) is 6.07. The van der Waals surface area contributed by atoms with Crippen molar-refractivity contribution in [1.29, 1.82) is 0 Å². The standard InChI is InChI=1S/C15H19N3O2S/c1-8-14(21-10(3)17-8)9(2)18-15(19)11-5-6-12(16)13(7-11)20-4/h5-7,9H,16H2,1-4H3,(H,18,19). The molecular formula is C15H19N3O2S. The van der Waals surface area contributed by atoms with Crippen molar-refractivity contribution in [3.8, 4) is 5.75 Å². The lowest BCUT2D eigenvalue weighted by Gasteiger charge is -2.14. The first-order valence-corrected chi connectivity index (χ1v) is 7.42. The first-order valence-electron chi connectivity index (χ1n) is 6.60. The summed E-state index contributed by atoms with van der Waals surface area (Å²) in [6.07, 6.45) is 0. The Morgan fingerprint density at radius 1 is 1.43 bits per heavy atom. The number of methoxy groups -OCH3 is 1. The van der Waals surface area contributed by atoms with Crippen LogP contribution in [0.15, 0.2) is 18.2 Å². The fraction of sp³-hybridized carbons (Fsp3) is 0.333. The average Bonchev–Trinajstić information content (AvgIpc) is 2.78. The summed E-state index contributed by atoms with van der Waals surface area (Å²) in [5.74, 6) is 0.339. The number of anilines is 1. The normalized spacial score (nSPS) is 12.0. The number of amides is 1. The highest BCUT2D eigenvalue weighted by Crippen LogP contribution is 2.26. The summed E-state index contributed by atoms with van der Waals surface area (Å²) in [6, 6.07) is 4.90. The average molecular weight is 305 g/mol. The maximum atomic E-state index is 12.3. The number of benzene rings is 1. The van der Waals surface area contributed by atoms with Crippen LogP contribution in [0.25, 0.3) is 0 Å². The first-order chi connectivity index (χ1) is 9.92. The third-order valence-electron chi connectivity index (χ3n) is 3.18. The van der Waals surface area contributed by atoms with E-state index in [-0.39, 0.29) is 11.9 Å². The zero-order valence-electron chi connectivity index (χ0n) is 12.6. The van der Waals surface area contributed by atoms with E-state index in [1.54, 1.807) is 29.5 Å². The second-order valence-electron chi connectivity index (χ2n) is 4.83. The van der Waals surface area contributed by atoms with Crippen molar-refractivity contribution in [2.75, 3.05) is 12.8 Å². The molecule has 1 aromatic heterocycles. The lowest BCUT2D eigenvalue weighted by molar-refractivity contribution is 0.0940. The molecule has 1 unspecified atom stereocenters. The number of nitrogens with two attached hydrogens (primary N) is 1. The van der Waals surface area contributed by atoms with Gasteiger partial charge in [-0.2, -0.15) is 0 Å². The zero-order valence-corrected chi connectivity index (χ0v) is 13.4. The van der Waals surface area contributed by atoms with E-state index in [0.29, 0.717) is 17.0 Å². The maximum Gasteiger partial charge on any atom is 0.251 e. The number of thiazole rings is 1. The molecule has 1 atom stereocenters. The van der Waals surface area contributed by atoms with Crippen molar-refractivity contribution in [1.82, 2.24) is 10.3 Å². The molecule has 0 saturated heterocycles. The molecule has 0 spiro atoms. The van der Waals surface area contributed by atoms with Gasteiger partial charge in [-0.25, -0.2) is 4.98 Å². The Morgan fingerprint density at radius 2 is 2.14 bits per heavy atom. The summed E-state index contributed by atoms with van der Waals surface area (Å²) in [4.78, 5) is 17.8. The van der Waals surface area contributed by atoms with Crippen LogP contribution in [0, 0.1) is 13.8 Å². The highest BCUT2D eigenvalue weighted by atomic mass is 32.1. The van der Waals surface area contributed by atoms with Gasteiger partial charge in [-0.1, -0.05) is 0 Å². The second kappa shape index (κ2) is 6.13. The smallest absolute Gasteiger partial charge is 0.251 e. The minimum absolute atomic E-state index is 0.0905. The lowest BCUT2D eigenvalue weighted by atomic mass is 10.1. The molecular weight excluding hydrogens is 286 g/mol. The summed E-state index contributed by atoms with van der Waals surface area (Å²) >= 11 is 1.60. The first kappa shape index (κ1) is 15.3. The molecule has 0 saturated carbocycles. The Balaban J connectivity index is 2.16. The van der Waals surface area contributed by atoms with Gasteiger partial charge in [0.25, 0.3) is 5.91 Å². The van der Waals surface area contributed by atoms with Crippen molar-refractivity contribution in [2.24, 2.45) is 0 Å². The van der Waals surface area contributed by atoms with Crippen LogP contribution in [0.4, 0.5) is 5.69 Å². The largest absolute Gasteiger partial charge is 0.495 e. The van der Waals surface area contributed by atoms with E-state index in [1.807, 2.05) is 20.8 Å². The summed E-state index contributed by atoms with van der Waals surface area (Å²) < 4.78 is 5.13. The van der Waals surface area contributed by atoms with E-state index in [2.05, 4.69) is 10.3 Å². The van der Waals surface area contributed by atoms with Crippen LogP contribution in [0.3, 0.4) is 0 Å². The molecule has 21 heavy (non-hydrogen) atoms. The van der Waals surface area contributed by atoms with Crippen molar-refractivity contribution in [2.45, 2.75) is 26.8 Å². The molecule has 1 aromatic carbocycles. The van der Waals surface area contributed by atoms with Gasteiger partial charge in [0.2, 0.25) is 0 Å². The molecule has 2 rings (SSSR count). The van der Waals surface area contributed by atoms with Crippen molar-refractivity contribution >= 4 is 22.9 Å². The molecule has 5 nitrogen and oxygen atoms in total. The number of carbonyl (C=O) groups excluding carboxylic acids is 1. The topological polar surface area (TPSA) is 77.2 Å². The van der Waals surface area contributed by atoms with Crippen LogP contribution >= 0.6 is 11.3 Å². The summed E-state index contributed by atoms with van der Waals surface area (Å²) in [5, 5.41) is 3.97. The van der Waals surface area contributed by atoms with Gasteiger partial charge in [0.05, 0.1) is 29.5 Å². The molecule has 1 amide bonds. The minimum Gasteiger partial charge on any atom is -0.495 e. The molecule has 0 fully saturated rings. The lowest BCUT2D eigenvalue weighted by Crippen LogP contribution is -2.26. The maximum absolute atomic E-state index is 12.3. The van der Waals surface area contributed by atoms with Gasteiger partial charge < -0.3 is 15.8 Å². The fourth-order valence-corrected chi connectivity index (χ4v) is 3.08. The van der Waals surface area contributed by atoms with Crippen LogP contribution in [0.5, 0.6) is 5.75 Å². The molecule has 6 heteroatoms. The van der Waals surface area contributed by atoms with Gasteiger partial charge in [0, 0.05) is 10.4 Å². The third-order valence-corrected chi connectivity index (χ3v) is 4.43. The van der Waals surface area contributed by atoms with Crippen LogP contribution in [-0.4, -0.2) is 18.0 Å². The van der Waals surface area contributed by atoms with Gasteiger partial charge >= 0.3 is 0 Å². The summed E-state index contributed by atoms with van der Waals surface area (Å²) in [5.41, 5.74) is 7.74. The highest BCUT2D eigenvalue weighted by molar-refractivity contribution is 7.11. The predicted octanol–water partition coefficient (Wildman–Crippen LogP) is 2.84. The van der Waals surface area contributed by atoms with Crippen LogP contribution in [-0.2, 0) is 0 Å². The van der Waals surface area contributed by atoms with Crippen LogP contribution < -0.4 is 15.8 Å². The van der Waals surface area contributed by atoms with Crippen molar-refractivity contribution in [3.63, 3.8) is 0 Å². The summed E-state index contributed by atoms with van der Waals surface area (Å²) in [6.45, 7) is 5.86. The van der Waals surface area contributed by atoms with E-state index in [1.165, 1.54) is 7.11 Å². The Labute approximate surface area is 128 Å². The molecule has 0 radical (unpaired) electrons. The Morgan fingerprint density at radius 3 is 2.71 bits per heavy atom. The number of nitrogens with one attached hydrogen (secondary N) is 1. The molecule has 0 aliphatic rings. The molecule has 0 aliphatic carbocycles. The number of ether oxygens (including phenoxy) is 1. The Kier molecular flexibility index (Phi) is 4.47. The fourth-order valence-electron chi connectivity index (χ4n) is 2.15. The molecule has 1 heterocycles. The monoisotopic (exact) mass is 305 g/mol. The molecule has 3 N–H and O–H groups in total. The van der Waals surface area contributed by atoms with E-state index < -0.39 is 0 Å². The van der Waals surface area contributed by atoms with E-state index in [4.69, 9.17) is 10.5 Å². The Bertz CT molecular complexity index is 667. The van der Waals surface area contributed by atoms with E-state index in [9.17, 15) is 4.79 Å². The Hall–Kier alpha value is -2.08. The molecule has 0 bridgehead atoms. The number of nitrogen functional groups attached to an aromatic ring is 1. The highest BCUT2D eigenvalue weighted by Gasteiger charge is 2.17. The molecule has 2 aromatic rings. The SMILES string of the molecule is COc1cc(C(=O)NC(C)c2sc(C)nc2C)ccc1N. The molecule has 0 aliphatic heterocycles. The van der Waals surface area contributed by atoms with Gasteiger partial charge in [-0.3, -0.25) is 4.79 Å². The summed E-state index contributed by atoms with van der Waals surface area (Å²) in [7, 11) is 1.53. The number of hydrogen-bond donors (Lipinski definition) is 2. The van der Waals surface area contributed by atoms with Gasteiger partial charge in [0.15, 0.2) is 0 Å². The minimum atomic E-state index is -0.161. The number of aromatic nitrogens is 1. The van der Waals surface area contributed by atoms with Crippen LogP contribution in [0.2, 0.25) is 0 Å². The zero-order chi connectivity index (χ0) is 15.6. The third kappa shape index (κ3) is 3.33. The van der Waals surface area contributed by atoms with Gasteiger partial charge in [0.1, 0.15) is 5.75 Å². The number of carbonyl (C=O) groups is 1. The number of aryl methyl sites for hydroxylation is 2. The number of nitrogens with zero attached hydrogens (tertiary/aromatic N) is 1. The van der Waals surface area contributed by atoms with Gasteiger partial charge in [-0.05, 0) is 39.0 Å². The van der Waals surface area contributed by atoms with Crippen LogP contribution in [0.1, 0.15) is 38.9 Å². The van der Waals surface area contributed by atoms with Gasteiger partial charge in [-0.15, -0.1) is 11.3 Å².